The van der Waals surface area contributed by atoms with Crippen molar-refractivity contribution in [2.75, 3.05) is 19.0 Å². The van der Waals surface area contributed by atoms with Gasteiger partial charge < -0.3 is 10.0 Å². The Kier molecular flexibility index (Phi) is 3.06. The van der Waals surface area contributed by atoms with Crippen molar-refractivity contribution in [3.8, 4) is 0 Å². The first kappa shape index (κ1) is 12.3. The van der Waals surface area contributed by atoms with E-state index in [1.54, 1.807) is 14.1 Å². The zero-order valence-corrected chi connectivity index (χ0v) is 8.54. The minimum absolute atomic E-state index is 0.158. The van der Waals surface area contributed by atoms with Crippen LogP contribution in [0.5, 0.6) is 0 Å². The van der Waals surface area contributed by atoms with Crippen molar-refractivity contribution in [1.29, 1.82) is 0 Å². The van der Waals surface area contributed by atoms with E-state index in [9.17, 15) is 18.0 Å². The Morgan fingerprint density at radius 2 is 2.00 bits per heavy atom. The number of nitrogens with zero attached hydrogens (tertiary/aromatic N) is 2. The summed E-state index contributed by atoms with van der Waals surface area (Å²) in [7, 11) is 3.11. The van der Waals surface area contributed by atoms with E-state index in [1.165, 1.54) is 4.90 Å². The predicted octanol–water partition coefficient (Wildman–Crippen LogP) is 1.86. The summed E-state index contributed by atoms with van der Waals surface area (Å²) >= 11 is 0. The quantitative estimate of drug-likeness (QED) is 0.848. The number of aromatic carboxylic acids is 1. The zero-order valence-electron chi connectivity index (χ0n) is 8.54. The monoisotopic (exact) mass is 234 g/mol. The van der Waals surface area contributed by atoms with Crippen molar-refractivity contribution in [2.45, 2.75) is 6.18 Å². The molecule has 4 nitrogen and oxygen atoms in total. The van der Waals surface area contributed by atoms with Crippen molar-refractivity contribution in [1.82, 2.24) is 4.98 Å². The minimum Gasteiger partial charge on any atom is -0.478 e. The first-order chi connectivity index (χ1) is 7.23. The summed E-state index contributed by atoms with van der Waals surface area (Å²) in [5.74, 6) is -1.47. The Morgan fingerprint density at radius 1 is 1.44 bits per heavy atom. The Labute approximate surface area is 89.3 Å². The van der Waals surface area contributed by atoms with Crippen LogP contribution in [0.25, 0.3) is 0 Å². The van der Waals surface area contributed by atoms with E-state index in [1.807, 2.05) is 0 Å². The summed E-state index contributed by atoms with van der Waals surface area (Å²) < 4.78 is 37.3. The summed E-state index contributed by atoms with van der Waals surface area (Å²) in [6.45, 7) is 0. The van der Waals surface area contributed by atoms with Gasteiger partial charge in [-0.15, -0.1) is 0 Å². The van der Waals surface area contributed by atoms with Crippen LogP contribution in [-0.4, -0.2) is 30.2 Å². The Bertz CT molecular complexity index is 416. The van der Waals surface area contributed by atoms with Crippen LogP contribution in [0, 0.1) is 0 Å². The molecule has 88 valence electrons. The SMILES string of the molecule is CN(C)c1cc(C(=O)O)c(C(F)(F)F)cn1. The number of hydrogen-bond acceptors (Lipinski definition) is 3. The molecule has 1 heterocycles. The topological polar surface area (TPSA) is 53.4 Å². The number of hydrogen-bond donors (Lipinski definition) is 1. The average molecular weight is 234 g/mol. The molecule has 1 rings (SSSR count). The van der Waals surface area contributed by atoms with Gasteiger partial charge in [0.25, 0.3) is 0 Å². The van der Waals surface area contributed by atoms with Gasteiger partial charge in [0.1, 0.15) is 5.82 Å². The lowest BCUT2D eigenvalue weighted by Crippen LogP contribution is -2.17. The predicted molar refractivity (Wildman–Crippen MR) is 50.5 cm³/mol. The van der Waals surface area contributed by atoms with Crippen molar-refractivity contribution < 1.29 is 23.1 Å². The number of carboxylic acids is 1. The highest BCUT2D eigenvalue weighted by Crippen LogP contribution is 2.32. The molecule has 0 aromatic carbocycles. The zero-order chi connectivity index (χ0) is 12.5. The van der Waals surface area contributed by atoms with Crippen molar-refractivity contribution in [2.24, 2.45) is 0 Å². The van der Waals surface area contributed by atoms with Crippen molar-refractivity contribution in [3.05, 3.63) is 23.4 Å². The molecule has 0 fully saturated rings. The van der Waals surface area contributed by atoms with Crippen LogP contribution in [0.3, 0.4) is 0 Å². The van der Waals surface area contributed by atoms with Gasteiger partial charge in [-0.05, 0) is 6.07 Å². The second-order valence-corrected chi connectivity index (χ2v) is 3.29. The molecule has 1 N–H and O–H groups in total. The molecular formula is C9H9F3N2O2. The molecule has 1 aromatic rings. The smallest absolute Gasteiger partial charge is 0.418 e. The van der Waals surface area contributed by atoms with Crippen LogP contribution >= 0.6 is 0 Å². The molecule has 1 aromatic heterocycles. The van der Waals surface area contributed by atoms with E-state index < -0.39 is 23.3 Å². The second kappa shape index (κ2) is 3.99. The Hall–Kier alpha value is -1.79. The number of anilines is 1. The third-order valence-electron chi connectivity index (χ3n) is 1.88. The lowest BCUT2D eigenvalue weighted by Gasteiger charge is -2.15. The maximum Gasteiger partial charge on any atom is 0.418 e. The third-order valence-corrected chi connectivity index (χ3v) is 1.88. The molecule has 0 atom stereocenters. The fraction of sp³-hybridized carbons (Fsp3) is 0.333. The van der Waals surface area contributed by atoms with Crippen LogP contribution < -0.4 is 4.90 Å². The van der Waals surface area contributed by atoms with Gasteiger partial charge in [-0.2, -0.15) is 13.2 Å². The molecular weight excluding hydrogens is 225 g/mol. The fourth-order valence-corrected chi connectivity index (χ4v) is 1.09. The van der Waals surface area contributed by atoms with Gasteiger partial charge in [-0.25, -0.2) is 9.78 Å². The van der Waals surface area contributed by atoms with Gasteiger partial charge >= 0.3 is 12.1 Å². The van der Waals surface area contributed by atoms with Gasteiger partial charge in [-0.1, -0.05) is 0 Å². The summed E-state index contributed by atoms with van der Waals surface area (Å²) in [6, 6.07) is 0.894. The lowest BCUT2D eigenvalue weighted by molar-refractivity contribution is -0.138. The Balaban J connectivity index is 3.37. The molecule has 0 saturated carbocycles. The van der Waals surface area contributed by atoms with Crippen LogP contribution in [0.1, 0.15) is 15.9 Å². The van der Waals surface area contributed by atoms with Crippen molar-refractivity contribution in [3.63, 3.8) is 0 Å². The van der Waals surface area contributed by atoms with Gasteiger partial charge in [0, 0.05) is 20.3 Å². The van der Waals surface area contributed by atoms with Crippen LogP contribution in [0.15, 0.2) is 12.3 Å². The van der Waals surface area contributed by atoms with E-state index in [2.05, 4.69) is 4.98 Å². The normalized spacial score (nSPS) is 11.3. The summed E-state index contributed by atoms with van der Waals surface area (Å²) in [6.07, 6.45) is -4.19. The highest BCUT2D eigenvalue weighted by molar-refractivity contribution is 5.90. The van der Waals surface area contributed by atoms with Gasteiger partial charge in [0.05, 0.1) is 11.1 Å². The maximum absolute atomic E-state index is 12.4. The molecule has 0 radical (unpaired) electrons. The maximum atomic E-state index is 12.4. The van der Waals surface area contributed by atoms with E-state index in [4.69, 9.17) is 5.11 Å². The number of pyridine rings is 1. The molecule has 7 heteroatoms. The summed E-state index contributed by atoms with van der Waals surface area (Å²) in [5, 5.41) is 8.69. The van der Waals surface area contributed by atoms with Gasteiger partial charge in [-0.3, -0.25) is 0 Å². The summed E-state index contributed by atoms with van der Waals surface area (Å²) in [4.78, 5) is 15.7. The first-order valence-electron chi connectivity index (χ1n) is 4.21. The van der Waals surface area contributed by atoms with Crippen LogP contribution in [0.2, 0.25) is 0 Å². The standard InChI is InChI=1S/C9H9F3N2O2/c1-14(2)7-3-5(8(15)16)6(4-13-7)9(10,11)12/h3-4H,1-2H3,(H,15,16). The molecule has 0 aliphatic heterocycles. The van der Waals surface area contributed by atoms with E-state index in [0.29, 0.717) is 6.20 Å². The van der Waals surface area contributed by atoms with E-state index >= 15 is 0 Å². The number of rotatable bonds is 2. The molecule has 0 spiro atoms. The number of carbonyl (C=O) groups is 1. The molecule has 0 amide bonds. The van der Waals surface area contributed by atoms with Crippen LogP contribution in [-0.2, 0) is 6.18 Å². The Morgan fingerprint density at radius 3 is 2.38 bits per heavy atom. The van der Waals surface area contributed by atoms with E-state index in [0.717, 1.165) is 6.07 Å². The molecule has 0 aliphatic carbocycles. The van der Waals surface area contributed by atoms with E-state index in [-0.39, 0.29) is 5.82 Å². The number of alkyl halides is 3. The molecule has 0 aliphatic rings. The highest BCUT2D eigenvalue weighted by Gasteiger charge is 2.36. The van der Waals surface area contributed by atoms with Crippen LogP contribution in [0.4, 0.5) is 19.0 Å². The highest BCUT2D eigenvalue weighted by atomic mass is 19.4. The van der Waals surface area contributed by atoms with Gasteiger partial charge in [0.15, 0.2) is 0 Å². The van der Waals surface area contributed by atoms with Crippen molar-refractivity contribution >= 4 is 11.8 Å². The molecule has 0 unspecified atom stereocenters. The number of aromatic nitrogens is 1. The first-order valence-corrected chi connectivity index (χ1v) is 4.21. The molecule has 0 bridgehead atoms. The molecule has 16 heavy (non-hydrogen) atoms. The second-order valence-electron chi connectivity index (χ2n) is 3.29. The lowest BCUT2D eigenvalue weighted by atomic mass is 10.1. The number of halogens is 3. The fourth-order valence-electron chi connectivity index (χ4n) is 1.09. The number of carboxylic acid groups (broad SMARTS) is 1. The third kappa shape index (κ3) is 2.41. The average Bonchev–Trinajstić information content (AvgIpc) is 2.15. The largest absolute Gasteiger partial charge is 0.478 e. The van der Waals surface area contributed by atoms with Gasteiger partial charge in [0.2, 0.25) is 0 Å². The summed E-state index contributed by atoms with van der Waals surface area (Å²) in [5.41, 5.74) is -2.04. The molecule has 0 saturated heterocycles. The minimum atomic E-state index is -4.72.